The van der Waals surface area contributed by atoms with Gasteiger partial charge < -0.3 is 4.90 Å². The van der Waals surface area contributed by atoms with Crippen molar-refractivity contribution in [2.45, 2.75) is 52.4 Å². The molecule has 1 amide bonds. The van der Waals surface area contributed by atoms with E-state index in [0.29, 0.717) is 6.42 Å². The lowest BCUT2D eigenvalue weighted by Gasteiger charge is -2.30. The van der Waals surface area contributed by atoms with E-state index in [2.05, 4.69) is 13.0 Å². The number of hydrogen-bond donors (Lipinski definition) is 0. The van der Waals surface area contributed by atoms with Gasteiger partial charge in [0, 0.05) is 31.0 Å². The van der Waals surface area contributed by atoms with Crippen LogP contribution in [0.2, 0.25) is 0 Å². The van der Waals surface area contributed by atoms with Gasteiger partial charge in [0.25, 0.3) is 0 Å². The van der Waals surface area contributed by atoms with Crippen molar-refractivity contribution in [3.05, 3.63) is 34.4 Å². The molecule has 0 aromatic heterocycles. The summed E-state index contributed by atoms with van der Waals surface area (Å²) < 4.78 is 0. The summed E-state index contributed by atoms with van der Waals surface area (Å²) >= 11 is 0. The van der Waals surface area contributed by atoms with Gasteiger partial charge in [0.1, 0.15) is 0 Å². The summed E-state index contributed by atoms with van der Waals surface area (Å²) in [6.07, 6.45) is 5.55. The third kappa shape index (κ3) is 2.94. The predicted molar refractivity (Wildman–Crippen MR) is 87.1 cm³/mol. The van der Waals surface area contributed by atoms with Gasteiger partial charge in [0.2, 0.25) is 5.91 Å². The Morgan fingerprint density at radius 3 is 2.55 bits per heavy atom. The van der Waals surface area contributed by atoms with Gasteiger partial charge >= 0.3 is 0 Å². The molecule has 1 aliphatic heterocycles. The highest BCUT2D eigenvalue weighted by molar-refractivity contribution is 6.02. The van der Waals surface area contributed by atoms with Crippen LogP contribution in [0.1, 0.15) is 59.2 Å². The normalized spacial score (nSPS) is 21.6. The van der Waals surface area contributed by atoms with Crippen molar-refractivity contribution in [1.29, 1.82) is 0 Å². The highest BCUT2D eigenvalue weighted by atomic mass is 16.2. The zero-order valence-corrected chi connectivity index (χ0v) is 13.7. The predicted octanol–water partition coefficient (Wildman–Crippen LogP) is 3.45. The molecule has 1 aromatic carbocycles. The molecule has 0 spiro atoms. The van der Waals surface area contributed by atoms with Crippen molar-refractivity contribution in [1.82, 2.24) is 4.90 Å². The molecule has 1 aromatic rings. The molecule has 3 rings (SSSR count). The van der Waals surface area contributed by atoms with Crippen LogP contribution in [-0.4, -0.2) is 29.7 Å². The molecule has 22 heavy (non-hydrogen) atoms. The number of hydrogen-bond acceptors (Lipinski definition) is 2. The van der Waals surface area contributed by atoms with Gasteiger partial charge in [-0.2, -0.15) is 0 Å². The topological polar surface area (TPSA) is 37.4 Å². The zero-order valence-electron chi connectivity index (χ0n) is 13.7. The molecule has 2 aliphatic rings. The Morgan fingerprint density at radius 2 is 1.82 bits per heavy atom. The second-order valence-corrected chi connectivity index (χ2v) is 6.84. The minimum Gasteiger partial charge on any atom is -0.343 e. The number of carbonyl (C=O) groups excluding carboxylic acids is 2. The number of amides is 1. The number of ketones is 1. The Balaban J connectivity index is 1.72. The summed E-state index contributed by atoms with van der Waals surface area (Å²) in [5.74, 6) is 0.226. The first-order chi connectivity index (χ1) is 10.6. The molecule has 1 atom stereocenters. The molecule has 1 aliphatic carbocycles. The van der Waals surface area contributed by atoms with Crippen molar-refractivity contribution in [2.24, 2.45) is 5.92 Å². The minimum absolute atomic E-state index is 0.121. The van der Waals surface area contributed by atoms with Gasteiger partial charge in [0.15, 0.2) is 5.78 Å². The summed E-state index contributed by atoms with van der Waals surface area (Å²) in [4.78, 5) is 27.1. The molecule has 0 bridgehead atoms. The minimum atomic E-state index is -0.121. The fourth-order valence-electron chi connectivity index (χ4n) is 3.67. The smallest absolute Gasteiger partial charge is 0.223 e. The third-order valence-electron chi connectivity index (χ3n) is 5.25. The van der Waals surface area contributed by atoms with E-state index in [1.807, 2.05) is 17.9 Å². The first kappa shape index (κ1) is 15.3. The molecule has 1 saturated heterocycles. The van der Waals surface area contributed by atoms with Gasteiger partial charge in [-0.15, -0.1) is 0 Å². The fourth-order valence-corrected chi connectivity index (χ4v) is 3.67. The molecule has 3 heteroatoms. The fraction of sp³-hybridized carbons (Fsp3) is 0.579. The summed E-state index contributed by atoms with van der Waals surface area (Å²) in [6, 6.07) is 4.16. The van der Waals surface area contributed by atoms with Crippen LogP contribution in [-0.2, 0) is 11.2 Å². The average Bonchev–Trinajstić information content (AvgIpc) is 2.53. The van der Waals surface area contributed by atoms with E-state index >= 15 is 0 Å². The van der Waals surface area contributed by atoms with Crippen molar-refractivity contribution >= 4 is 11.7 Å². The van der Waals surface area contributed by atoms with E-state index in [9.17, 15) is 9.59 Å². The molecule has 1 heterocycles. The number of carbonyl (C=O) groups is 2. The number of piperidine rings is 1. The standard InChI is InChI=1S/C19H25NO2/c1-13-10-15-6-7-16(19(22)17(15)11-14(13)2)12-18(21)20-8-4-3-5-9-20/h10-11,16H,3-9,12H2,1-2H3. The number of likely N-dealkylation sites (tertiary alicyclic amines) is 1. The first-order valence-electron chi connectivity index (χ1n) is 8.48. The van der Waals surface area contributed by atoms with Crippen LogP contribution in [0.3, 0.4) is 0 Å². The number of aryl methyl sites for hydroxylation is 3. The number of fused-ring (bicyclic) bond motifs is 1. The molecule has 1 fully saturated rings. The van der Waals surface area contributed by atoms with Crippen molar-refractivity contribution in [2.75, 3.05) is 13.1 Å². The molecular weight excluding hydrogens is 274 g/mol. The Hall–Kier alpha value is -1.64. The zero-order chi connectivity index (χ0) is 15.7. The molecule has 0 N–H and O–H groups in total. The Labute approximate surface area is 132 Å². The first-order valence-corrected chi connectivity index (χ1v) is 8.48. The second-order valence-electron chi connectivity index (χ2n) is 6.84. The van der Waals surface area contributed by atoms with E-state index < -0.39 is 0 Å². The number of rotatable bonds is 2. The lowest BCUT2D eigenvalue weighted by molar-refractivity contribution is -0.132. The van der Waals surface area contributed by atoms with Crippen LogP contribution in [0.25, 0.3) is 0 Å². The molecule has 1 unspecified atom stereocenters. The van der Waals surface area contributed by atoms with Gasteiger partial charge in [0.05, 0.1) is 0 Å². The van der Waals surface area contributed by atoms with E-state index in [-0.39, 0.29) is 17.6 Å². The van der Waals surface area contributed by atoms with Gasteiger partial charge in [-0.1, -0.05) is 6.07 Å². The van der Waals surface area contributed by atoms with E-state index in [4.69, 9.17) is 0 Å². The Bertz CT molecular complexity index is 600. The van der Waals surface area contributed by atoms with Crippen LogP contribution in [0.4, 0.5) is 0 Å². The van der Waals surface area contributed by atoms with Gasteiger partial charge in [-0.05, 0) is 68.7 Å². The van der Waals surface area contributed by atoms with Gasteiger partial charge in [-0.25, -0.2) is 0 Å². The van der Waals surface area contributed by atoms with Crippen molar-refractivity contribution < 1.29 is 9.59 Å². The SMILES string of the molecule is Cc1cc2c(cc1C)C(=O)C(CC(=O)N1CCCCC1)CC2. The van der Waals surface area contributed by atoms with Gasteiger partial charge in [-0.3, -0.25) is 9.59 Å². The average molecular weight is 299 g/mol. The molecule has 0 saturated carbocycles. The highest BCUT2D eigenvalue weighted by Crippen LogP contribution is 2.30. The van der Waals surface area contributed by atoms with Crippen molar-refractivity contribution in [3.63, 3.8) is 0 Å². The largest absolute Gasteiger partial charge is 0.343 e. The lowest BCUT2D eigenvalue weighted by atomic mass is 9.79. The third-order valence-corrected chi connectivity index (χ3v) is 5.25. The Kier molecular flexibility index (Phi) is 4.32. The molecule has 0 radical (unpaired) electrons. The highest BCUT2D eigenvalue weighted by Gasteiger charge is 2.31. The van der Waals surface area contributed by atoms with Crippen LogP contribution in [0.5, 0.6) is 0 Å². The quantitative estimate of drug-likeness (QED) is 0.839. The van der Waals surface area contributed by atoms with E-state index in [0.717, 1.165) is 55.5 Å². The summed E-state index contributed by atoms with van der Waals surface area (Å²) in [5.41, 5.74) is 4.42. The van der Waals surface area contributed by atoms with Crippen LogP contribution in [0.15, 0.2) is 12.1 Å². The maximum Gasteiger partial charge on any atom is 0.223 e. The van der Waals surface area contributed by atoms with Crippen LogP contribution < -0.4 is 0 Å². The summed E-state index contributed by atoms with van der Waals surface area (Å²) in [5, 5.41) is 0. The maximum absolute atomic E-state index is 12.7. The number of nitrogens with zero attached hydrogens (tertiary/aromatic N) is 1. The maximum atomic E-state index is 12.7. The molecular formula is C19H25NO2. The lowest BCUT2D eigenvalue weighted by Crippen LogP contribution is -2.38. The summed E-state index contributed by atoms with van der Waals surface area (Å²) in [7, 11) is 0. The molecule has 118 valence electrons. The van der Waals surface area contributed by atoms with Crippen LogP contribution in [0, 0.1) is 19.8 Å². The summed E-state index contributed by atoms with van der Waals surface area (Å²) in [6.45, 7) is 5.88. The number of Topliss-reactive ketones (excluding diaryl/α,β-unsaturated/α-hetero) is 1. The van der Waals surface area contributed by atoms with E-state index in [1.165, 1.54) is 12.0 Å². The monoisotopic (exact) mass is 299 g/mol. The van der Waals surface area contributed by atoms with E-state index in [1.54, 1.807) is 0 Å². The Morgan fingerprint density at radius 1 is 1.14 bits per heavy atom. The number of benzene rings is 1. The second kappa shape index (κ2) is 6.23. The van der Waals surface area contributed by atoms with Crippen LogP contribution >= 0.6 is 0 Å². The van der Waals surface area contributed by atoms with Crippen molar-refractivity contribution in [3.8, 4) is 0 Å². The molecule has 3 nitrogen and oxygen atoms in total.